The van der Waals surface area contributed by atoms with Gasteiger partial charge in [0.15, 0.2) is 6.10 Å². The van der Waals surface area contributed by atoms with E-state index in [1.165, 1.54) is 0 Å². The van der Waals surface area contributed by atoms with Crippen LogP contribution >= 0.6 is 0 Å². The Balaban J connectivity index is 0.000000945. The molecule has 0 saturated carbocycles. The number of hydrogen-bond donors (Lipinski definition) is 4. The lowest BCUT2D eigenvalue weighted by Gasteiger charge is -2.27. The van der Waals surface area contributed by atoms with E-state index in [2.05, 4.69) is 5.32 Å². The van der Waals surface area contributed by atoms with Crippen LogP contribution in [0, 0.1) is 11.3 Å². The van der Waals surface area contributed by atoms with Crippen molar-refractivity contribution in [1.82, 2.24) is 0 Å². The molecule has 3 rings (SSSR count). The van der Waals surface area contributed by atoms with Crippen LogP contribution in [-0.2, 0) is 14.4 Å². The van der Waals surface area contributed by atoms with Crippen LogP contribution in [0.4, 0.5) is 11.4 Å². The summed E-state index contributed by atoms with van der Waals surface area (Å²) in [5.74, 6) is -0.607. The van der Waals surface area contributed by atoms with E-state index in [-0.39, 0.29) is 23.6 Å². The fourth-order valence-electron chi connectivity index (χ4n) is 3.39. The van der Waals surface area contributed by atoms with Crippen molar-refractivity contribution >= 4 is 35.0 Å². The molecule has 0 bridgehead atoms. The molecule has 1 heterocycles. The van der Waals surface area contributed by atoms with Gasteiger partial charge in [0.2, 0.25) is 5.91 Å². The molecule has 2 aromatic rings. The summed E-state index contributed by atoms with van der Waals surface area (Å²) in [6, 6.07) is 14.1. The third kappa shape index (κ3) is 7.91. The molecule has 5 N–H and O–H groups in total. The Morgan fingerprint density at radius 1 is 1.15 bits per heavy atom. The summed E-state index contributed by atoms with van der Waals surface area (Å²) >= 11 is 0. The summed E-state index contributed by atoms with van der Waals surface area (Å²) in [5, 5.41) is 17.9. The molecule has 0 aromatic heterocycles. The Hall–Kier alpha value is -3.88. The molecular formula is C25H32N4O5. The van der Waals surface area contributed by atoms with Crippen LogP contribution in [-0.4, -0.2) is 41.4 Å². The summed E-state index contributed by atoms with van der Waals surface area (Å²) < 4.78 is 5.92. The number of anilines is 2. The SMILES string of the molecule is CC(=O)O.CC(C)C(Oc1cccc(C(=N)N)c1)C(=O)Nc1ccc(N2CCCCC2=O)cc1. The van der Waals surface area contributed by atoms with Gasteiger partial charge in [0.05, 0.1) is 0 Å². The molecule has 2 aromatic carbocycles. The average Bonchev–Trinajstić information content (AvgIpc) is 2.78. The molecule has 9 nitrogen and oxygen atoms in total. The van der Waals surface area contributed by atoms with E-state index in [1.807, 2.05) is 26.0 Å². The lowest BCUT2D eigenvalue weighted by molar-refractivity contribution is -0.134. The lowest BCUT2D eigenvalue weighted by Crippen LogP contribution is -2.37. The van der Waals surface area contributed by atoms with Crippen molar-refractivity contribution in [3.05, 3.63) is 54.1 Å². The number of ether oxygens (including phenoxy) is 1. The number of nitrogen functional groups attached to an aromatic ring is 1. The molecule has 182 valence electrons. The first-order valence-corrected chi connectivity index (χ1v) is 11.1. The van der Waals surface area contributed by atoms with E-state index in [1.54, 1.807) is 41.3 Å². The maximum atomic E-state index is 12.8. The standard InChI is InChI=1S/C23H28N4O3.C2H4O2/c1-15(2)21(30-19-7-5-6-16(14-19)22(24)25)23(29)26-17-9-11-18(12-10-17)27-13-4-3-8-20(27)28;1-2(3)4/h5-7,9-12,14-15,21H,3-4,8,13H2,1-2H3,(H3,24,25)(H,26,29);1H3,(H,3,4). The second-order valence-corrected chi connectivity index (χ2v) is 8.28. The van der Waals surface area contributed by atoms with Gasteiger partial charge in [-0.2, -0.15) is 0 Å². The Morgan fingerprint density at radius 3 is 2.35 bits per heavy atom. The molecule has 9 heteroatoms. The van der Waals surface area contributed by atoms with E-state index >= 15 is 0 Å². The Morgan fingerprint density at radius 2 is 1.79 bits per heavy atom. The smallest absolute Gasteiger partial charge is 0.300 e. The second-order valence-electron chi connectivity index (χ2n) is 8.28. The molecule has 1 atom stereocenters. The van der Waals surface area contributed by atoms with Gasteiger partial charge in [-0.05, 0) is 55.2 Å². The first-order valence-electron chi connectivity index (χ1n) is 11.1. The molecule has 2 amide bonds. The Kier molecular flexibility index (Phi) is 9.61. The monoisotopic (exact) mass is 468 g/mol. The number of carboxylic acids is 1. The highest BCUT2D eigenvalue weighted by Gasteiger charge is 2.25. The number of nitrogens with zero attached hydrogens (tertiary/aromatic N) is 1. The van der Waals surface area contributed by atoms with Crippen LogP contribution in [0.3, 0.4) is 0 Å². The third-order valence-corrected chi connectivity index (χ3v) is 5.04. The molecule has 34 heavy (non-hydrogen) atoms. The van der Waals surface area contributed by atoms with E-state index < -0.39 is 12.1 Å². The van der Waals surface area contributed by atoms with Gasteiger partial charge >= 0.3 is 0 Å². The molecular weight excluding hydrogens is 436 g/mol. The fraction of sp³-hybridized carbons (Fsp3) is 0.360. The summed E-state index contributed by atoms with van der Waals surface area (Å²) in [5.41, 5.74) is 7.56. The van der Waals surface area contributed by atoms with Crippen molar-refractivity contribution in [2.24, 2.45) is 11.7 Å². The minimum Gasteiger partial charge on any atom is -0.481 e. The number of amidine groups is 1. The van der Waals surface area contributed by atoms with Crippen LogP contribution in [0.2, 0.25) is 0 Å². The van der Waals surface area contributed by atoms with E-state index in [0.717, 1.165) is 32.0 Å². The van der Waals surface area contributed by atoms with Crippen LogP contribution in [0.15, 0.2) is 48.5 Å². The fourth-order valence-corrected chi connectivity index (χ4v) is 3.39. The predicted molar refractivity (Wildman–Crippen MR) is 131 cm³/mol. The first kappa shape index (κ1) is 26.4. The van der Waals surface area contributed by atoms with Crippen molar-refractivity contribution < 1.29 is 24.2 Å². The number of amides is 2. The average molecular weight is 469 g/mol. The topological polar surface area (TPSA) is 146 Å². The number of hydrogen-bond acceptors (Lipinski definition) is 5. The molecule has 1 aliphatic rings. The second kappa shape index (κ2) is 12.4. The first-order chi connectivity index (χ1) is 16.1. The van der Waals surface area contributed by atoms with Gasteiger partial charge in [-0.15, -0.1) is 0 Å². The van der Waals surface area contributed by atoms with Gasteiger partial charge in [-0.25, -0.2) is 0 Å². The van der Waals surface area contributed by atoms with Crippen molar-refractivity contribution in [3.8, 4) is 5.75 Å². The molecule has 1 fully saturated rings. The van der Waals surface area contributed by atoms with Crippen molar-refractivity contribution in [2.45, 2.75) is 46.1 Å². The molecule has 1 aliphatic heterocycles. The zero-order valence-corrected chi connectivity index (χ0v) is 19.7. The van der Waals surface area contributed by atoms with Crippen LogP contribution in [0.5, 0.6) is 5.75 Å². The Bertz CT molecular complexity index is 1020. The molecule has 1 saturated heterocycles. The number of nitrogens with two attached hydrogens (primary N) is 1. The van der Waals surface area contributed by atoms with Gasteiger partial charge < -0.3 is 25.8 Å². The van der Waals surface area contributed by atoms with Crippen LogP contribution in [0.1, 0.15) is 45.6 Å². The number of rotatable bonds is 7. The zero-order chi connectivity index (χ0) is 25.3. The number of carbonyl (C=O) groups is 3. The zero-order valence-electron chi connectivity index (χ0n) is 19.7. The normalized spacial score (nSPS) is 14.0. The van der Waals surface area contributed by atoms with Gasteiger partial charge in [-0.1, -0.05) is 26.0 Å². The van der Waals surface area contributed by atoms with Crippen molar-refractivity contribution in [1.29, 1.82) is 5.41 Å². The highest BCUT2D eigenvalue weighted by Crippen LogP contribution is 2.24. The summed E-state index contributed by atoms with van der Waals surface area (Å²) in [4.78, 5) is 35.7. The minimum atomic E-state index is -0.833. The quantitative estimate of drug-likeness (QED) is 0.361. The van der Waals surface area contributed by atoms with E-state index in [4.69, 9.17) is 25.8 Å². The van der Waals surface area contributed by atoms with E-state index in [9.17, 15) is 9.59 Å². The van der Waals surface area contributed by atoms with E-state index in [0.29, 0.717) is 23.4 Å². The highest BCUT2D eigenvalue weighted by atomic mass is 16.5. The van der Waals surface area contributed by atoms with Crippen LogP contribution < -0.4 is 20.7 Å². The molecule has 1 unspecified atom stereocenters. The van der Waals surface area contributed by atoms with Crippen LogP contribution in [0.25, 0.3) is 0 Å². The predicted octanol–water partition coefficient (Wildman–Crippen LogP) is 3.62. The molecule has 0 spiro atoms. The number of nitrogens with one attached hydrogen (secondary N) is 2. The number of aliphatic carboxylic acids is 1. The Labute approximate surface area is 199 Å². The third-order valence-electron chi connectivity index (χ3n) is 5.04. The largest absolute Gasteiger partial charge is 0.481 e. The lowest BCUT2D eigenvalue weighted by atomic mass is 10.1. The number of piperidine rings is 1. The van der Waals surface area contributed by atoms with Crippen molar-refractivity contribution in [3.63, 3.8) is 0 Å². The van der Waals surface area contributed by atoms with Gasteiger partial charge in [0, 0.05) is 36.8 Å². The van der Waals surface area contributed by atoms with Gasteiger partial charge in [-0.3, -0.25) is 19.8 Å². The van der Waals surface area contributed by atoms with Gasteiger partial charge in [0.1, 0.15) is 11.6 Å². The number of carbonyl (C=O) groups excluding carboxylic acids is 2. The minimum absolute atomic E-state index is 0.0572. The van der Waals surface area contributed by atoms with Gasteiger partial charge in [0.25, 0.3) is 11.9 Å². The highest BCUT2D eigenvalue weighted by molar-refractivity contribution is 5.97. The summed E-state index contributed by atoms with van der Waals surface area (Å²) in [7, 11) is 0. The summed E-state index contributed by atoms with van der Waals surface area (Å²) in [6.07, 6.45) is 1.81. The maximum Gasteiger partial charge on any atom is 0.300 e. The summed E-state index contributed by atoms with van der Waals surface area (Å²) in [6.45, 7) is 5.63. The molecule has 0 radical (unpaired) electrons. The maximum absolute atomic E-state index is 12.8. The number of carboxylic acid groups (broad SMARTS) is 1. The molecule has 0 aliphatic carbocycles. The number of benzene rings is 2. The van der Waals surface area contributed by atoms with Crippen molar-refractivity contribution in [2.75, 3.05) is 16.8 Å².